The molecule has 0 aliphatic rings. The second kappa shape index (κ2) is 7.05. The van der Waals surface area contributed by atoms with Gasteiger partial charge in [0.1, 0.15) is 5.75 Å². The monoisotopic (exact) mass is 293 g/mol. The first kappa shape index (κ1) is 16.2. The maximum absolute atomic E-state index is 12.0. The lowest BCUT2D eigenvalue weighted by Gasteiger charge is -2.18. The van der Waals surface area contributed by atoms with Crippen LogP contribution >= 0.6 is 11.8 Å². The first-order chi connectivity index (χ1) is 8.83. The van der Waals surface area contributed by atoms with Gasteiger partial charge in [-0.05, 0) is 37.2 Å². The molecule has 1 N–H and O–H groups in total. The van der Waals surface area contributed by atoms with Gasteiger partial charge >= 0.3 is 5.51 Å². The molecule has 2 nitrogen and oxygen atoms in total. The molecule has 0 saturated carbocycles. The topological polar surface area (TPSA) is 21.3 Å². The Balaban J connectivity index is 2.52. The first-order valence-corrected chi connectivity index (χ1v) is 6.90. The average Bonchev–Trinajstić information content (AvgIpc) is 2.33. The van der Waals surface area contributed by atoms with E-state index in [1.807, 2.05) is 32.0 Å². The second-order valence-electron chi connectivity index (χ2n) is 4.22. The fourth-order valence-electron chi connectivity index (χ4n) is 1.73. The van der Waals surface area contributed by atoms with Crippen molar-refractivity contribution in [1.82, 2.24) is 5.32 Å². The molecule has 0 aromatic heterocycles. The highest BCUT2D eigenvalue weighted by molar-refractivity contribution is 8.00. The van der Waals surface area contributed by atoms with Gasteiger partial charge < -0.3 is 10.1 Å². The number of rotatable bonds is 6. The Kier molecular flexibility index (Phi) is 6.00. The molecular formula is C13H18F3NOS. The van der Waals surface area contributed by atoms with E-state index >= 15 is 0 Å². The number of hydrogen-bond acceptors (Lipinski definition) is 3. The molecule has 1 aromatic carbocycles. The van der Waals surface area contributed by atoms with Gasteiger partial charge in [0.15, 0.2) is 0 Å². The Morgan fingerprint density at radius 1 is 1.37 bits per heavy atom. The molecule has 0 radical (unpaired) electrons. The Labute approximate surface area is 115 Å². The zero-order valence-corrected chi connectivity index (χ0v) is 12.0. The van der Waals surface area contributed by atoms with Crippen LogP contribution in [0.1, 0.15) is 24.1 Å². The van der Waals surface area contributed by atoms with E-state index in [4.69, 9.17) is 4.74 Å². The number of benzene rings is 1. The van der Waals surface area contributed by atoms with Crippen LogP contribution in [-0.2, 0) is 0 Å². The third-order valence-electron chi connectivity index (χ3n) is 2.67. The summed E-state index contributed by atoms with van der Waals surface area (Å²) in [4.78, 5) is 0. The van der Waals surface area contributed by atoms with Crippen molar-refractivity contribution in [3.63, 3.8) is 0 Å². The Morgan fingerprint density at radius 3 is 2.63 bits per heavy atom. The smallest absolute Gasteiger partial charge is 0.441 e. The third kappa shape index (κ3) is 5.74. The van der Waals surface area contributed by atoms with E-state index in [9.17, 15) is 13.2 Å². The van der Waals surface area contributed by atoms with Crippen LogP contribution in [0.4, 0.5) is 13.2 Å². The van der Waals surface area contributed by atoms with Crippen LogP contribution in [0.2, 0.25) is 0 Å². The molecule has 0 aliphatic heterocycles. The predicted molar refractivity (Wildman–Crippen MR) is 72.7 cm³/mol. The van der Waals surface area contributed by atoms with E-state index in [2.05, 4.69) is 5.32 Å². The summed E-state index contributed by atoms with van der Waals surface area (Å²) < 4.78 is 41.2. The largest absolute Gasteiger partial charge is 0.496 e. The van der Waals surface area contributed by atoms with Crippen LogP contribution in [0.15, 0.2) is 18.2 Å². The number of alkyl halides is 3. The van der Waals surface area contributed by atoms with E-state index < -0.39 is 5.51 Å². The van der Waals surface area contributed by atoms with Gasteiger partial charge in [-0.15, -0.1) is 0 Å². The number of thioether (sulfide) groups is 1. The standard InChI is InChI=1S/C13H18F3NOS/c1-9-4-5-11(12(8-9)18-3)10(2)17-6-7-19-13(14,15)16/h4-5,8,10,17H,6-7H2,1-3H3. The highest BCUT2D eigenvalue weighted by Crippen LogP contribution is 2.30. The summed E-state index contributed by atoms with van der Waals surface area (Å²) >= 11 is -0.0106. The van der Waals surface area contributed by atoms with Crippen LogP contribution < -0.4 is 10.1 Å². The molecule has 0 heterocycles. The molecule has 19 heavy (non-hydrogen) atoms. The van der Waals surface area contributed by atoms with Crippen molar-refractivity contribution in [1.29, 1.82) is 0 Å². The fourth-order valence-corrected chi connectivity index (χ4v) is 2.18. The van der Waals surface area contributed by atoms with Crippen molar-refractivity contribution in [2.45, 2.75) is 25.4 Å². The number of ether oxygens (including phenoxy) is 1. The van der Waals surface area contributed by atoms with Gasteiger partial charge in [0.2, 0.25) is 0 Å². The Morgan fingerprint density at radius 2 is 2.05 bits per heavy atom. The van der Waals surface area contributed by atoms with E-state index in [-0.39, 0.29) is 23.6 Å². The Bertz CT molecular complexity index is 409. The van der Waals surface area contributed by atoms with Gasteiger partial charge in [-0.25, -0.2) is 0 Å². The SMILES string of the molecule is COc1cc(C)ccc1C(C)NCCSC(F)(F)F. The molecule has 0 spiro atoms. The van der Waals surface area contributed by atoms with E-state index in [0.29, 0.717) is 6.54 Å². The van der Waals surface area contributed by atoms with Crippen molar-refractivity contribution >= 4 is 11.8 Å². The van der Waals surface area contributed by atoms with Crippen LogP contribution in [0.3, 0.4) is 0 Å². The van der Waals surface area contributed by atoms with Gasteiger partial charge in [0, 0.05) is 23.9 Å². The third-order valence-corrected chi connectivity index (χ3v) is 3.41. The van der Waals surface area contributed by atoms with Gasteiger partial charge in [0.05, 0.1) is 7.11 Å². The van der Waals surface area contributed by atoms with Gasteiger partial charge in [0.25, 0.3) is 0 Å². The van der Waals surface area contributed by atoms with Crippen LogP contribution in [0.25, 0.3) is 0 Å². The minimum atomic E-state index is -4.16. The minimum absolute atomic E-state index is 0.00200. The molecular weight excluding hydrogens is 275 g/mol. The molecule has 1 unspecified atom stereocenters. The lowest BCUT2D eigenvalue weighted by molar-refractivity contribution is -0.0327. The van der Waals surface area contributed by atoms with E-state index in [1.54, 1.807) is 7.11 Å². The van der Waals surface area contributed by atoms with E-state index in [1.165, 1.54) is 0 Å². The highest BCUT2D eigenvalue weighted by atomic mass is 32.2. The lowest BCUT2D eigenvalue weighted by atomic mass is 10.1. The summed E-state index contributed by atoms with van der Waals surface area (Å²) in [6, 6.07) is 5.76. The molecule has 108 valence electrons. The number of aryl methyl sites for hydroxylation is 1. The maximum atomic E-state index is 12.0. The lowest BCUT2D eigenvalue weighted by Crippen LogP contribution is -2.23. The number of hydrogen-bond donors (Lipinski definition) is 1. The van der Waals surface area contributed by atoms with Crippen molar-refractivity contribution in [2.75, 3.05) is 19.4 Å². The summed E-state index contributed by atoms with van der Waals surface area (Å²) in [6.07, 6.45) is 0. The summed E-state index contributed by atoms with van der Waals surface area (Å²) in [5.74, 6) is 0.755. The van der Waals surface area contributed by atoms with Crippen LogP contribution in [0, 0.1) is 6.92 Å². The molecule has 6 heteroatoms. The zero-order valence-electron chi connectivity index (χ0n) is 11.2. The number of halogens is 3. The van der Waals surface area contributed by atoms with E-state index in [0.717, 1.165) is 16.9 Å². The molecule has 1 atom stereocenters. The fraction of sp³-hybridized carbons (Fsp3) is 0.538. The molecule has 0 bridgehead atoms. The number of methoxy groups -OCH3 is 1. The normalized spacial score (nSPS) is 13.4. The van der Waals surface area contributed by atoms with Gasteiger partial charge in [-0.3, -0.25) is 0 Å². The van der Waals surface area contributed by atoms with Gasteiger partial charge in [-0.1, -0.05) is 12.1 Å². The summed E-state index contributed by atoms with van der Waals surface area (Å²) in [7, 11) is 1.59. The minimum Gasteiger partial charge on any atom is -0.496 e. The highest BCUT2D eigenvalue weighted by Gasteiger charge is 2.27. The summed E-state index contributed by atoms with van der Waals surface area (Å²) in [5, 5.41) is 3.06. The Hall–Kier alpha value is -0.880. The molecule has 0 aliphatic carbocycles. The maximum Gasteiger partial charge on any atom is 0.441 e. The predicted octanol–water partition coefficient (Wildman–Crippen LogP) is 3.91. The molecule has 1 rings (SSSR count). The number of nitrogens with one attached hydrogen (secondary N) is 1. The molecule has 0 fully saturated rings. The van der Waals surface area contributed by atoms with Crippen molar-refractivity contribution in [2.24, 2.45) is 0 Å². The van der Waals surface area contributed by atoms with Crippen molar-refractivity contribution in [3.05, 3.63) is 29.3 Å². The van der Waals surface area contributed by atoms with Crippen molar-refractivity contribution in [3.8, 4) is 5.75 Å². The first-order valence-electron chi connectivity index (χ1n) is 5.92. The van der Waals surface area contributed by atoms with Crippen LogP contribution in [-0.4, -0.2) is 24.9 Å². The van der Waals surface area contributed by atoms with Crippen molar-refractivity contribution < 1.29 is 17.9 Å². The van der Waals surface area contributed by atoms with Gasteiger partial charge in [-0.2, -0.15) is 13.2 Å². The molecule has 0 saturated heterocycles. The quantitative estimate of drug-likeness (QED) is 0.804. The molecule has 0 amide bonds. The molecule has 1 aromatic rings. The van der Waals surface area contributed by atoms with Crippen LogP contribution in [0.5, 0.6) is 5.75 Å². The second-order valence-corrected chi connectivity index (χ2v) is 5.38. The zero-order chi connectivity index (χ0) is 14.5. The summed E-state index contributed by atoms with van der Waals surface area (Å²) in [6.45, 7) is 4.16. The average molecular weight is 293 g/mol. The summed E-state index contributed by atoms with van der Waals surface area (Å²) in [5.41, 5.74) is -2.13.